The lowest BCUT2D eigenvalue weighted by molar-refractivity contribution is -0.118. The molecule has 2 aromatic carbocycles. The first-order valence-corrected chi connectivity index (χ1v) is 9.09. The van der Waals surface area contributed by atoms with Crippen LogP contribution in [0.25, 0.3) is 0 Å². The Morgan fingerprint density at radius 2 is 1.57 bits per heavy atom. The molecule has 0 aliphatic heterocycles. The van der Waals surface area contributed by atoms with Crippen molar-refractivity contribution in [2.24, 2.45) is 0 Å². The summed E-state index contributed by atoms with van der Waals surface area (Å²) in [6, 6.07) is 18.6. The Hall–Kier alpha value is -1.52. The van der Waals surface area contributed by atoms with Crippen LogP contribution in [0.5, 0.6) is 0 Å². The van der Waals surface area contributed by atoms with Gasteiger partial charge in [-0.15, -0.1) is 0 Å². The molecule has 0 radical (unpaired) electrons. The van der Waals surface area contributed by atoms with Crippen molar-refractivity contribution in [1.29, 1.82) is 0 Å². The van der Waals surface area contributed by atoms with Crippen LogP contribution in [-0.2, 0) is 34.2 Å². The Kier molecular flexibility index (Phi) is 5.65. The van der Waals surface area contributed by atoms with Gasteiger partial charge in [0.15, 0.2) is 0 Å². The first-order chi connectivity index (χ1) is 10.1. The van der Waals surface area contributed by atoms with Crippen molar-refractivity contribution in [3.8, 4) is 0 Å². The third-order valence-corrected chi connectivity index (χ3v) is 4.32. The van der Waals surface area contributed by atoms with Gasteiger partial charge in [0.2, 0.25) is 5.91 Å². The fraction of sp³-hybridized carbons (Fsp3) is 0.133. The third kappa shape index (κ3) is 5.78. The second kappa shape index (κ2) is 7.48. The van der Waals surface area contributed by atoms with Gasteiger partial charge in [-0.05, 0) is 22.9 Å². The van der Waals surface area contributed by atoms with Crippen LogP contribution in [0.4, 0.5) is 0 Å². The summed E-state index contributed by atoms with van der Waals surface area (Å²) in [5.74, 6) is -0.347. The average Bonchev–Trinajstić information content (AvgIpc) is 2.47. The Bertz CT molecular complexity index is 634. The van der Waals surface area contributed by atoms with Gasteiger partial charge in [0.05, 0.1) is 13.0 Å². The summed E-state index contributed by atoms with van der Waals surface area (Å²) in [6.45, 7) is -3.15. The molecule has 1 unspecified atom stereocenters. The lowest BCUT2D eigenvalue weighted by Crippen LogP contribution is -2.23. The van der Waals surface area contributed by atoms with E-state index in [2.05, 4.69) is 5.09 Å². The fourth-order valence-electron chi connectivity index (χ4n) is 1.75. The lowest BCUT2D eigenvalue weighted by Gasteiger charge is -2.17. The van der Waals surface area contributed by atoms with Crippen molar-refractivity contribution in [2.75, 3.05) is 0 Å². The van der Waals surface area contributed by atoms with E-state index in [9.17, 15) is 9.69 Å². The zero-order valence-corrected chi connectivity index (χ0v) is 13.0. The van der Waals surface area contributed by atoms with Crippen LogP contribution in [0.2, 0.25) is 0 Å². The quantitative estimate of drug-likeness (QED) is 0.803. The highest BCUT2D eigenvalue weighted by atomic mass is 32.5. The second-order valence-electron chi connectivity index (χ2n) is 4.48. The van der Waals surface area contributed by atoms with Gasteiger partial charge in [0, 0.05) is 0 Å². The molecule has 0 saturated heterocycles. The largest absolute Gasteiger partial charge is 0.329 e. The minimum absolute atomic E-state index is 0.161. The Morgan fingerprint density at radius 3 is 2.14 bits per heavy atom. The Labute approximate surface area is 129 Å². The first kappa shape index (κ1) is 15.9. The predicted molar refractivity (Wildman–Crippen MR) is 86.0 cm³/mol. The molecule has 0 saturated carbocycles. The van der Waals surface area contributed by atoms with Gasteiger partial charge in [-0.3, -0.25) is 9.88 Å². The molecule has 2 N–H and O–H groups in total. The van der Waals surface area contributed by atoms with Gasteiger partial charge in [-0.25, -0.2) is 0 Å². The molecular weight excluding hydrogens is 305 g/mol. The van der Waals surface area contributed by atoms with Crippen LogP contribution in [0.15, 0.2) is 60.7 Å². The standard InChI is InChI=1S/C15H16NO3PS/c17-15(11-13-7-3-1-4-8-13)16-20(18,21)19-12-14-9-5-2-6-10-14/h1-10H,11-12H2,(H2,16,17,18,21). The van der Waals surface area contributed by atoms with Crippen molar-refractivity contribution >= 4 is 24.4 Å². The molecule has 4 nitrogen and oxygen atoms in total. The summed E-state index contributed by atoms with van der Waals surface area (Å²) in [4.78, 5) is 21.8. The predicted octanol–water partition coefficient (Wildman–Crippen LogP) is 2.78. The number of nitrogens with one attached hydrogen (secondary N) is 1. The topological polar surface area (TPSA) is 58.6 Å². The molecular formula is C15H16NO3PS. The van der Waals surface area contributed by atoms with Gasteiger partial charge >= 0.3 is 0 Å². The highest BCUT2D eigenvalue weighted by molar-refractivity contribution is 8.08. The normalized spacial score (nSPS) is 13.4. The molecule has 2 aromatic rings. The smallest absolute Gasteiger partial charge is 0.287 e. The number of carbonyl (C=O) groups is 1. The molecule has 0 spiro atoms. The maximum absolute atomic E-state index is 11.8. The molecule has 21 heavy (non-hydrogen) atoms. The number of rotatable bonds is 6. The van der Waals surface area contributed by atoms with E-state index in [1.54, 1.807) is 0 Å². The third-order valence-electron chi connectivity index (χ3n) is 2.72. The van der Waals surface area contributed by atoms with E-state index < -0.39 is 6.64 Å². The molecule has 0 aliphatic carbocycles. The van der Waals surface area contributed by atoms with Crippen LogP contribution in [-0.4, -0.2) is 10.8 Å². The Morgan fingerprint density at radius 1 is 1.05 bits per heavy atom. The number of hydrogen-bond acceptors (Lipinski definition) is 3. The van der Waals surface area contributed by atoms with Gasteiger partial charge in [-0.1, -0.05) is 60.7 Å². The van der Waals surface area contributed by atoms with E-state index in [-0.39, 0.29) is 18.9 Å². The highest BCUT2D eigenvalue weighted by Crippen LogP contribution is 2.38. The van der Waals surface area contributed by atoms with Crippen molar-refractivity contribution in [1.82, 2.24) is 5.09 Å². The summed E-state index contributed by atoms with van der Waals surface area (Å²) in [6.07, 6.45) is 0.161. The molecule has 0 aliphatic rings. The van der Waals surface area contributed by atoms with E-state index >= 15 is 0 Å². The second-order valence-corrected chi connectivity index (χ2v) is 7.48. The number of hydrogen-bond donors (Lipinski definition) is 2. The molecule has 0 aromatic heterocycles. The summed E-state index contributed by atoms with van der Waals surface area (Å²) in [5, 5.41) is 2.40. The van der Waals surface area contributed by atoms with Crippen molar-refractivity contribution in [3.63, 3.8) is 0 Å². The van der Waals surface area contributed by atoms with E-state index in [1.807, 2.05) is 60.7 Å². The van der Waals surface area contributed by atoms with E-state index in [4.69, 9.17) is 16.3 Å². The zero-order valence-electron chi connectivity index (χ0n) is 11.3. The molecule has 1 amide bonds. The lowest BCUT2D eigenvalue weighted by atomic mass is 10.1. The van der Waals surface area contributed by atoms with E-state index in [0.29, 0.717) is 0 Å². The fourth-order valence-corrected chi connectivity index (χ4v) is 2.99. The number of carbonyl (C=O) groups excluding carboxylic acids is 1. The van der Waals surface area contributed by atoms with Gasteiger partial charge in [0.1, 0.15) is 0 Å². The van der Waals surface area contributed by atoms with Gasteiger partial charge in [0.25, 0.3) is 6.64 Å². The maximum Gasteiger partial charge on any atom is 0.287 e. The SMILES string of the molecule is O=C(Cc1ccccc1)NP(O)(=S)OCc1ccccc1. The van der Waals surface area contributed by atoms with E-state index in [0.717, 1.165) is 11.1 Å². The summed E-state index contributed by atoms with van der Waals surface area (Å²) in [5.41, 5.74) is 1.74. The summed E-state index contributed by atoms with van der Waals surface area (Å²) in [7, 11) is 0. The van der Waals surface area contributed by atoms with E-state index in [1.165, 1.54) is 0 Å². The Balaban J connectivity index is 1.85. The average molecular weight is 321 g/mol. The molecule has 2 rings (SSSR count). The monoisotopic (exact) mass is 321 g/mol. The maximum atomic E-state index is 11.8. The highest BCUT2D eigenvalue weighted by Gasteiger charge is 2.17. The van der Waals surface area contributed by atoms with Crippen LogP contribution in [0.1, 0.15) is 11.1 Å². The van der Waals surface area contributed by atoms with Crippen molar-refractivity contribution in [3.05, 3.63) is 71.8 Å². The van der Waals surface area contributed by atoms with Crippen LogP contribution >= 0.6 is 6.64 Å². The van der Waals surface area contributed by atoms with Crippen molar-refractivity contribution < 1.29 is 14.2 Å². The van der Waals surface area contributed by atoms with Gasteiger partial charge in [-0.2, -0.15) is 0 Å². The number of amides is 1. The molecule has 0 fully saturated rings. The zero-order chi connectivity index (χ0) is 15.1. The molecule has 110 valence electrons. The van der Waals surface area contributed by atoms with Crippen molar-refractivity contribution in [2.45, 2.75) is 13.0 Å². The molecule has 0 heterocycles. The molecule has 1 atom stereocenters. The number of benzene rings is 2. The van der Waals surface area contributed by atoms with Gasteiger partial charge < -0.3 is 9.42 Å². The molecule has 6 heteroatoms. The minimum atomic E-state index is -3.32. The van der Waals surface area contributed by atoms with Crippen LogP contribution in [0.3, 0.4) is 0 Å². The molecule has 0 bridgehead atoms. The van der Waals surface area contributed by atoms with Crippen LogP contribution < -0.4 is 5.09 Å². The minimum Gasteiger partial charge on any atom is -0.329 e. The summed E-state index contributed by atoms with van der Waals surface area (Å²) >= 11 is 4.95. The van der Waals surface area contributed by atoms with Crippen LogP contribution in [0, 0.1) is 0 Å². The first-order valence-electron chi connectivity index (χ1n) is 6.41. The summed E-state index contributed by atoms with van der Waals surface area (Å²) < 4.78 is 5.27.